The Labute approximate surface area is 134 Å². The molecule has 0 spiro atoms. The van der Waals surface area contributed by atoms with Gasteiger partial charge in [-0.2, -0.15) is 0 Å². The molecular formula is C15H17ClN6. The van der Waals surface area contributed by atoms with Crippen LogP contribution in [-0.2, 0) is 5.66 Å². The van der Waals surface area contributed by atoms with E-state index >= 15 is 0 Å². The number of rotatable bonds is 1. The third-order valence-electron chi connectivity index (χ3n) is 4.16. The van der Waals surface area contributed by atoms with E-state index in [0.717, 1.165) is 43.4 Å². The Balaban J connectivity index is 1.69. The van der Waals surface area contributed by atoms with Crippen molar-refractivity contribution in [3.63, 3.8) is 0 Å². The summed E-state index contributed by atoms with van der Waals surface area (Å²) in [4.78, 5) is 11.5. The molecule has 22 heavy (non-hydrogen) atoms. The quantitative estimate of drug-likeness (QED) is 0.718. The fourth-order valence-electron chi connectivity index (χ4n) is 2.95. The largest absolute Gasteiger partial charge is 0.345 e. The SMILES string of the molecule is Clc1ccc(C23N=CNC2=CN=C(N2CCNCC2)N3)cc1. The molecule has 0 amide bonds. The van der Waals surface area contributed by atoms with Crippen LogP contribution in [0.5, 0.6) is 0 Å². The molecule has 0 aliphatic carbocycles. The molecule has 3 N–H and O–H groups in total. The Morgan fingerprint density at radius 2 is 1.91 bits per heavy atom. The lowest BCUT2D eigenvalue weighted by atomic mass is 9.96. The summed E-state index contributed by atoms with van der Waals surface area (Å²) >= 11 is 6.01. The highest BCUT2D eigenvalue weighted by molar-refractivity contribution is 6.30. The summed E-state index contributed by atoms with van der Waals surface area (Å²) in [5.74, 6) is 0.862. The Morgan fingerprint density at radius 3 is 2.68 bits per heavy atom. The Kier molecular flexibility index (Phi) is 3.28. The lowest BCUT2D eigenvalue weighted by Crippen LogP contribution is -2.57. The van der Waals surface area contributed by atoms with Crippen molar-refractivity contribution >= 4 is 23.9 Å². The number of fused-ring (bicyclic) bond motifs is 1. The van der Waals surface area contributed by atoms with Gasteiger partial charge >= 0.3 is 0 Å². The van der Waals surface area contributed by atoms with Gasteiger partial charge in [0.15, 0.2) is 0 Å². The highest BCUT2D eigenvalue weighted by atomic mass is 35.5. The van der Waals surface area contributed by atoms with Crippen molar-refractivity contribution in [1.29, 1.82) is 0 Å². The van der Waals surface area contributed by atoms with Gasteiger partial charge in [-0.1, -0.05) is 23.7 Å². The van der Waals surface area contributed by atoms with Gasteiger partial charge in [-0.05, 0) is 12.1 Å². The van der Waals surface area contributed by atoms with E-state index in [4.69, 9.17) is 11.6 Å². The molecule has 1 saturated heterocycles. The van der Waals surface area contributed by atoms with E-state index < -0.39 is 5.66 Å². The average Bonchev–Trinajstić information content (AvgIpc) is 3.00. The number of guanidine groups is 1. The van der Waals surface area contributed by atoms with E-state index in [-0.39, 0.29) is 0 Å². The number of benzene rings is 1. The number of hydrogen-bond donors (Lipinski definition) is 3. The number of piperazine rings is 1. The second-order valence-corrected chi connectivity index (χ2v) is 5.91. The first kappa shape index (κ1) is 13.6. The number of hydrogen-bond acceptors (Lipinski definition) is 6. The molecule has 0 saturated carbocycles. The van der Waals surface area contributed by atoms with Crippen LogP contribution < -0.4 is 16.0 Å². The van der Waals surface area contributed by atoms with Gasteiger partial charge in [0.2, 0.25) is 11.6 Å². The van der Waals surface area contributed by atoms with Crippen LogP contribution in [0.15, 0.2) is 46.1 Å². The van der Waals surface area contributed by atoms with Gasteiger partial charge < -0.3 is 20.9 Å². The first-order chi connectivity index (χ1) is 10.8. The van der Waals surface area contributed by atoms with Crippen molar-refractivity contribution in [3.8, 4) is 0 Å². The van der Waals surface area contributed by atoms with Crippen LogP contribution in [0.4, 0.5) is 0 Å². The maximum Gasteiger partial charge on any atom is 0.202 e. The van der Waals surface area contributed by atoms with Gasteiger partial charge in [-0.3, -0.25) is 0 Å². The molecule has 1 fully saturated rings. The summed E-state index contributed by atoms with van der Waals surface area (Å²) < 4.78 is 0. The molecule has 0 bridgehead atoms. The highest BCUT2D eigenvalue weighted by Gasteiger charge is 2.42. The first-order valence-corrected chi connectivity index (χ1v) is 7.74. The van der Waals surface area contributed by atoms with E-state index in [1.54, 1.807) is 6.34 Å². The molecule has 1 aromatic rings. The maximum absolute atomic E-state index is 6.01. The van der Waals surface area contributed by atoms with Gasteiger partial charge in [0, 0.05) is 36.8 Å². The molecule has 3 aliphatic heterocycles. The van der Waals surface area contributed by atoms with E-state index in [1.165, 1.54) is 0 Å². The lowest BCUT2D eigenvalue weighted by molar-refractivity contribution is 0.329. The van der Waals surface area contributed by atoms with Crippen molar-refractivity contribution < 1.29 is 0 Å². The smallest absolute Gasteiger partial charge is 0.202 e. The minimum Gasteiger partial charge on any atom is -0.345 e. The van der Waals surface area contributed by atoms with E-state index in [0.29, 0.717) is 5.02 Å². The predicted octanol–water partition coefficient (Wildman–Crippen LogP) is 0.830. The van der Waals surface area contributed by atoms with Crippen molar-refractivity contribution in [1.82, 2.24) is 20.9 Å². The van der Waals surface area contributed by atoms with E-state index in [1.807, 2.05) is 30.5 Å². The van der Waals surface area contributed by atoms with E-state index in [2.05, 4.69) is 30.8 Å². The molecule has 0 radical (unpaired) electrons. The zero-order valence-electron chi connectivity index (χ0n) is 12.0. The predicted molar refractivity (Wildman–Crippen MR) is 87.9 cm³/mol. The van der Waals surface area contributed by atoms with Gasteiger partial charge in [-0.15, -0.1) is 0 Å². The second-order valence-electron chi connectivity index (χ2n) is 5.48. The molecule has 1 unspecified atom stereocenters. The fraction of sp³-hybridized carbons (Fsp3) is 0.333. The topological polar surface area (TPSA) is 64.0 Å². The standard InChI is InChI=1S/C15H17ClN6/c16-12-3-1-11(2-4-12)15-13(19-10-20-15)9-18-14(21-15)22-7-5-17-6-8-22/h1-4,9-10,17H,5-8H2,(H,18,21)(H,19,20). The fourth-order valence-corrected chi connectivity index (χ4v) is 3.08. The lowest BCUT2D eigenvalue weighted by Gasteiger charge is -2.38. The number of nitrogens with zero attached hydrogens (tertiary/aromatic N) is 3. The van der Waals surface area contributed by atoms with Gasteiger partial charge in [0.05, 0.1) is 18.2 Å². The van der Waals surface area contributed by atoms with Crippen molar-refractivity contribution in [2.75, 3.05) is 26.2 Å². The molecule has 6 nitrogen and oxygen atoms in total. The van der Waals surface area contributed by atoms with Crippen LogP contribution in [0.2, 0.25) is 5.02 Å². The summed E-state index contributed by atoms with van der Waals surface area (Å²) in [6.45, 7) is 3.80. The van der Waals surface area contributed by atoms with Crippen molar-refractivity contribution in [3.05, 3.63) is 46.7 Å². The molecule has 0 aromatic heterocycles. The Morgan fingerprint density at radius 1 is 1.14 bits per heavy atom. The van der Waals surface area contributed by atoms with Crippen LogP contribution >= 0.6 is 11.6 Å². The monoisotopic (exact) mass is 316 g/mol. The molecule has 114 valence electrons. The summed E-state index contributed by atoms with van der Waals surface area (Å²) in [7, 11) is 0. The molecule has 1 atom stereocenters. The molecule has 3 heterocycles. The van der Waals surface area contributed by atoms with Crippen LogP contribution in [-0.4, -0.2) is 43.4 Å². The summed E-state index contributed by atoms with van der Waals surface area (Å²) in [5.41, 5.74) is 1.33. The van der Waals surface area contributed by atoms with E-state index in [9.17, 15) is 0 Å². The third kappa shape index (κ3) is 2.15. The molecule has 7 heteroatoms. The molecule has 3 aliphatic rings. The minimum atomic E-state index is -0.632. The van der Waals surface area contributed by atoms with Crippen molar-refractivity contribution in [2.45, 2.75) is 5.66 Å². The summed E-state index contributed by atoms with van der Waals surface area (Å²) in [5, 5.41) is 10.7. The molecule has 1 aromatic carbocycles. The summed E-state index contributed by atoms with van der Waals surface area (Å²) in [6, 6.07) is 7.76. The van der Waals surface area contributed by atoms with Crippen LogP contribution in [0.25, 0.3) is 0 Å². The number of aliphatic imine (C=N–C) groups is 2. The zero-order chi connectivity index (χ0) is 15.0. The van der Waals surface area contributed by atoms with Crippen LogP contribution in [0.1, 0.15) is 5.56 Å². The van der Waals surface area contributed by atoms with Gasteiger partial charge in [-0.25, -0.2) is 9.98 Å². The van der Waals surface area contributed by atoms with Gasteiger partial charge in [0.25, 0.3) is 0 Å². The number of halogens is 1. The maximum atomic E-state index is 6.01. The number of nitrogens with one attached hydrogen (secondary N) is 3. The Bertz CT molecular complexity index is 659. The summed E-state index contributed by atoms with van der Waals surface area (Å²) in [6.07, 6.45) is 3.57. The van der Waals surface area contributed by atoms with Crippen LogP contribution in [0, 0.1) is 0 Å². The van der Waals surface area contributed by atoms with Gasteiger partial charge in [0.1, 0.15) is 0 Å². The highest BCUT2D eigenvalue weighted by Crippen LogP contribution is 2.34. The zero-order valence-corrected chi connectivity index (χ0v) is 12.8. The first-order valence-electron chi connectivity index (χ1n) is 7.36. The Hall–Kier alpha value is -2.05. The second kappa shape index (κ2) is 5.30. The van der Waals surface area contributed by atoms with Crippen LogP contribution in [0.3, 0.4) is 0 Å². The van der Waals surface area contributed by atoms with Crippen molar-refractivity contribution in [2.24, 2.45) is 9.98 Å². The third-order valence-corrected chi connectivity index (χ3v) is 4.41. The molecular weight excluding hydrogens is 300 g/mol. The minimum absolute atomic E-state index is 0.632. The molecule has 4 rings (SSSR count). The normalized spacial score (nSPS) is 26.7. The average molecular weight is 317 g/mol.